The molecule has 0 atom stereocenters. The molecule has 5 rings (SSSR count). The van der Waals surface area contributed by atoms with E-state index in [1.54, 1.807) is 18.2 Å². The van der Waals surface area contributed by atoms with Gasteiger partial charge in [-0.15, -0.1) is 0 Å². The zero-order chi connectivity index (χ0) is 25.2. The summed E-state index contributed by atoms with van der Waals surface area (Å²) in [6.45, 7) is 0.408. The number of carbonyl (C=O) groups excluding carboxylic acids is 2. The minimum atomic E-state index is -0.323. The van der Waals surface area contributed by atoms with Gasteiger partial charge in [0.05, 0.1) is 20.4 Å². The normalized spacial score (nSPS) is 14.8. The van der Waals surface area contributed by atoms with Gasteiger partial charge >= 0.3 is 0 Å². The Balaban J connectivity index is 1.34. The van der Waals surface area contributed by atoms with Crippen LogP contribution < -0.4 is 4.74 Å². The highest BCUT2D eigenvalue weighted by Crippen LogP contribution is 2.38. The third-order valence-electron chi connectivity index (χ3n) is 5.67. The molecule has 0 radical (unpaired) electrons. The molecule has 1 fully saturated rings. The zero-order valence-corrected chi connectivity index (χ0v) is 22.7. The minimum absolute atomic E-state index is 0.196. The van der Waals surface area contributed by atoms with Crippen molar-refractivity contribution in [3.8, 4) is 5.75 Å². The van der Waals surface area contributed by atoms with Crippen LogP contribution >= 0.6 is 43.6 Å². The molecule has 0 aromatic heterocycles. The number of halogens is 3. The van der Waals surface area contributed by atoms with Gasteiger partial charge in [0, 0.05) is 0 Å². The lowest BCUT2D eigenvalue weighted by atomic mass is 10.0. The molecule has 36 heavy (non-hydrogen) atoms. The van der Waals surface area contributed by atoms with E-state index in [1.165, 1.54) is 17.0 Å². The summed E-state index contributed by atoms with van der Waals surface area (Å²) in [6, 6.07) is 23.6. The summed E-state index contributed by atoms with van der Waals surface area (Å²) in [5, 5.41) is 1.78. The van der Waals surface area contributed by atoms with Crippen molar-refractivity contribution in [3.05, 3.63) is 115 Å². The first-order valence-electron chi connectivity index (χ1n) is 11.0. The lowest BCUT2D eigenvalue weighted by Crippen LogP contribution is -2.27. The average Bonchev–Trinajstić information content (AvgIpc) is 3.11. The molecule has 0 saturated carbocycles. The van der Waals surface area contributed by atoms with E-state index in [0.29, 0.717) is 25.2 Å². The fraction of sp³-hybridized carbons (Fsp3) is 0.0714. The largest absolute Gasteiger partial charge is 0.487 e. The van der Waals surface area contributed by atoms with Crippen LogP contribution in [-0.4, -0.2) is 16.0 Å². The van der Waals surface area contributed by atoms with Gasteiger partial charge in [0.2, 0.25) is 0 Å². The molecule has 1 aliphatic rings. The maximum absolute atomic E-state index is 13.4. The molecule has 1 heterocycles. The number of rotatable bonds is 6. The Morgan fingerprint density at radius 3 is 2.42 bits per heavy atom. The van der Waals surface area contributed by atoms with Crippen LogP contribution in [0.4, 0.5) is 9.18 Å². The molecule has 8 heteroatoms. The van der Waals surface area contributed by atoms with Gasteiger partial charge in [-0.2, -0.15) is 0 Å². The second-order valence-corrected chi connectivity index (χ2v) is 10.8. The summed E-state index contributed by atoms with van der Waals surface area (Å²) < 4.78 is 20.6. The number of thioether (sulfide) groups is 1. The van der Waals surface area contributed by atoms with Crippen molar-refractivity contribution < 1.29 is 18.7 Å². The summed E-state index contributed by atoms with van der Waals surface area (Å²) in [5.41, 5.74) is 2.35. The fourth-order valence-corrected chi connectivity index (χ4v) is 6.26. The fourth-order valence-electron chi connectivity index (χ4n) is 3.97. The van der Waals surface area contributed by atoms with E-state index >= 15 is 0 Å². The van der Waals surface area contributed by atoms with Crippen LogP contribution in [0.2, 0.25) is 0 Å². The maximum atomic E-state index is 13.4. The predicted molar refractivity (Wildman–Crippen MR) is 148 cm³/mol. The molecule has 0 unspecified atom stereocenters. The van der Waals surface area contributed by atoms with Crippen LogP contribution in [0, 0.1) is 5.82 Å². The number of fused-ring (bicyclic) bond motifs is 1. The van der Waals surface area contributed by atoms with E-state index in [-0.39, 0.29) is 30.1 Å². The van der Waals surface area contributed by atoms with E-state index in [4.69, 9.17) is 4.74 Å². The zero-order valence-electron chi connectivity index (χ0n) is 18.7. The molecule has 0 bridgehead atoms. The van der Waals surface area contributed by atoms with E-state index in [2.05, 4.69) is 31.9 Å². The van der Waals surface area contributed by atoms with Crippen molar-refractivity contribution in [2.75, 3.05) is 0 Å². The first-order chi connectivity index (χ1) is 17.4. The highest BCUT2D eigenvalue weighted by atomic mass is 79.9. The monoisotopic (exact) mass is 625 g/mol. The standard InChI is InChI=1S/C28H18Br2FNO3S/c29-23-12-18(13-24(30)26(23)35-16-17-5-3-9-21(31)11-17)14-25-27(33)32(28(34)36-25)15-20-8-4-7-19-6-1-2-10-22(19)20/h1-14H,15-16H2/b25-14+. The van der Waals surface area contributed by atoms with Crippen molar-refractivity contribution >= 4 is 71.6 Å². The smallest absolute Gasteiger partial charge is 0.293 e. The third kappa shape index (κ3) is 5.26. The van der Waals surface area contributed by atoms with E-state index in [1.807, 2.05) is 54.6 Å². The van der Waals surface area contributed by atoms with Crippen LogP contribution in [-0.2, 0) is 17.9 Å². The molecular weight excluding hydrogens is 609 g/mol. The Morgan fingerprint density at radius 2 is 1.64 bits per heavy atom. The Labute approximate surface area is 228 Å². The molecule has 4 aromatic rings. The number of nitrogens with zero attached hydrogens (tertiary/aromatic N) is 1. The highest BCUT2D eigenvalue weighted by molar-refractivity contribution is 9.11. The van der Waals surface area contributed by atoms with E-state index < -0.39 is 0 Å². The molecule has 0 N–H and O–H groups in total. The summed E-state index contributed by atoms with van der Waals surface area (Å²) in [7, 11) is 0. The van der Waals surface area contributed by atoms with Gasteiger partial charge in [-0.3, -0.25) is 14.5 Å². The second-order valence-electron chi connectivity index (χ2n) is 8.14. The lowest BCUT2D eigenvalue weighted by molar-refractivity contribution is -0.123. The van der Waals surface area contributed by atoms with Crippen LogP contribution in [0.25, 0.3) is 16.8 Å². The number of ether oxygens (including phenoxy) is 1. The summed E-state index contributed by atoms with van der Waals surface area (Å²) in [5.74, 6) is -0.0870. The van der Waals surface area contributed by atoms with Crippen molar-refractivity contribution in [1.82, 2.24) is 4.90 Å². The molecule has 2 amide bonds. The number of hydrogen-bond donors (Lipinski definition) is 0. The van der Waals surface area contributed by atoms with Crippen molar-refractivity contribution in [2.45, 2.75) is 13.2 Å². The quantitative estimate of drug-likeness (QED) is 0.202. The van der Waals surface area contributed by atoms with Gasteiger partial charge in [0.15, 0.2) is 0 Å². The Morgan fingerprint density at radius 1 is 0.917 bits per heavy atom. The summed E-state index contributed by atoms with van der Waals surface area (Å²) in [6.07, 6.45) is 1.69. The van der Waals surface area contributed by atoms with Gasteiger partial charge in [0.1, 0.15) is 18.2 Å². The van der Waals surface area contributed by atoms with Crippen molar-refractivity contribution in [3.63, 3.8) is 0 Å². The van der Waals surface area contributed by atoms with Crippen LogP contribution in [0.15, 0.2) is 92.7 Å². The molecule has 180 valence electrons. The van der Waals surface area contributed by atoms with Gasteiger partial charge in [-0.05, 0) is 101 Å². The SMILES string of the molecule is O=C1S/C(=C/c2cc(Br)c(OCc3cccc(F)c3)c(Br)c2)C(=O)N1Cc1cccc2ccccc12. The molecule has 0 spiro atoms. The van der Waals surface area contributed by atoms with Crippen LogP contribution in [0.5, 0.6) is 5.75 Å². The van der Waals surface area contributed by atoms with Crippen LogP contribution in [0.3, 0.4) is 0 Å². The van der Waals surface area contributed by atoms with Gasteiger partial charge in [-0.1, -0.05) is 54.6 Å². The molecule has 0 aliphatic carbocycles. The number of hydrogen-bond acceptors (Lipinski definition) is 4. The Bertz CT molecular complexity index is 1510. The summed E-state index contributed by atoms with van der Waals surface area (Å²) in [4.78, 5) is 27.5. The highest BCUT2D eigenvalue weighted by Gasteiger charge is 2.35. The van der Waals surface area contributed by atoms with Crippen molar-refractivity contribution in [2.24, 2.45) is 0 Å². The molecule has 4 aromatic carbocycles. The lowest BCUT2D eigenvalue weighted by Gasteiger charge is -2.14. The first-order valence-corrected chi connectivity index (χ1v) is 13.4. The topological polar surface area (TPSA) is 46.6 Å². The third-order valence-corrected chi connectivity index (χ3v) is 7.76. The molecule has 4 nitrogen and oxygen atoms in total. The number of carbonyl (C=O) groups is 2. The number of benzene rings is 4. The predicted octanol–water partition coefficient (Wildman–Crippen LogP) is 8.32. The minimum Gasteiger partial charge on any atom is -0.487 e. The average molecular weight is 627 g/mol. The molecule has 1 aliphatic heterocycles. The van der Waals surface area contributed by atoms with Gasteiger partial charge in [0.25, 0.3) is 11.1 Å². The van der Waals surface area contributed by atoms with E-state index in [9.17, 15) is 14.0 Å². The molecule has 1 saturated heterocycles. The van der Waals surface area contributed by atoms with Crippen molar-refractivity contribution in [1.29, 1.82) is 0 Å². The Kier molecular flexibility index (Phi) is 7.27. The summed E-state index contributed by atoms with van der Waals surface area (Å²) >= 11 is 7.96. The van der Waals surface area contributed by atoms with Gasteiger partial charge < -0.3 is 4.74 Å². The maximum Gasteiger partial charge on any atom is 0.293 e. The second kappa shape index (κ2) is 10.6. The number of amides is 2. The Hall–Kier alpha value is -2.94. The molecular formula is C28H18Br2FNO3S. The van der Waals surface area contributed by atoms with Gasteiger partial charge in [-0.25, -0.2) is 4.39 Å². The van der Waals surface area contributed by atoms with Crippen LogP contribution in [0.1, 0.15) is 16.7 Å². The first kappa shape index (κ1) is 24.7. The number of imide groups is 1. The van der Waals surface area contributed by atoms with E-state index in [0.717, 1.165) is 33.7 Å².